The number of nitrogens with zero attached hydrogens (tertiary/aromatic N) is 1. The monoisotopic (exact) mass is 424 g/mol. The van der Waals surface area contributed by atoms with Gasteiger partial charge in [0.05, 0.1) is 0 Å². The molecule has 0 saturated heterocycles. The van der Waals surface area contributed by atoms with E-state index in [0.29, 0.717) is 29.9 Å². The quantitative estimate of drug-likeness (QED) is 0.312. The number of likely N-dealkylation sites (N-methyl/N-ethyl adjacent to an activating group) is 1. The number of nitrogens with one attached hydrogen (secondary N) is 1. The maximum Gasteiger partial charge on any atom is 0.339 e. The van der Waals surface area contributed by atoms with E-state index in [-0.39, 0.29) is 6.42 Å². The minimum absolute atomic E-state index is 0.143. The highest BCUT2D eigenvalue weighted by Crippen LogP contribution is 2.21. The molecule has 0 radical (unpaired) electrons. The Balaban J connectivity index is 1.80. The van der Waals surface area contributed by atoms with Crippen molar-refractivity contribution in [1.82, 2.24) is 10.4 Å². The smallest absolute Gasteiger partial charge is 0.339 e. The Hall–Kier alpha value is -3.16. The molecule has 7 nitrogen and oxygen atoms in total. The number of ether oxygens (including phenoxy) is 1. The van der Waals surface area contributed by atoms with Gasteiger partial charge in [0.1, 0.15) is 17.9 Å². The fraction of sp³-hybridized carbons (Fsp3) is 0.333. The lowest BCUT2D eigenvalue weighted by atomic mass is 9.92. The van der Waals surface area contributed by atoms with Crippen molar-refractivity contribution in [3.63, 3.8) is 0 Å². The summed E-state index contributed by atoms with van der Waals surface area (Å²) in [4.78, 5) is 26.8. The Bertz CT molecular complexity index is 1110. The second-order valence-corrected chi connectivity index (χ2v) is 7.98. The Morgan fingerprint density at radius 1 is 1.16 bits per heavy atom. The number of rotatable bonds is 9. The van der Waals surface area contributed by atoms with E-state index in [2.05, 4.69) is 0 Å². The summed E-state index contributed by atoms with van der Waals surface area (Å²) in [5, 5.41) is 10.0. The van der Waals surface area contributed by atoms with Crippen LogP contribution < -0.4 is 15.8 Å². The molecule has 0 aliphatic carbocycles. The molecule has 0 aliphatic rings. The molecule has 0 saturated carbocycles. The summed E-state index contributed by atoms with van der Waals surface area (Å²) in [6.07, 6.45) is 0.479. The van der Waals surface area contributed by atoms with E-state index < -0.39 is 17.5 Å². The van der Waals surface area contributed by atoms with Gasteiger partial charge in [0, 0.05) is 23.4 Å². The van der Waals surface area contributed by atoms with Crippen LogP contribution in [-0.2, 0) is 17.6 Å². The summed E-state index contributed by atoms with van der Waals surface area (Å²) in [6.45, 7) is 3.30. The number of amides is 1. The second-order valence-electron chi connectivity index (χ2n) is 7.98. The molecule has 2 N–H and O–H groups in total. The van der Waals surface area contributed by atoms with E-state index in [1.165, 1.54) is 0 Å². The van der Waals surface area contributed by atoms with Crippen molar-refractivity contribution in [2.24, 2.45) is 5.92 Å². The van der Waals surface area contributed by atoms with E-state index >= 15 is 0 Å². The standard InChI is InChI=1S/C24H28N2O5/c1-16-7-8-22-18(11-16)14-20(24(28)31-22)15-19(23(27)25-29)12-17-5-4-6-21(13-17)30-10-9-26(2)3/h4-8,11,13-14,19,29H,9-10,12,15H2,1-3H3,(H,25,27). The van der Waals surface area contributed by atoms with Crippen LogP contribution in [0.1, 0.15) is 16.7 Å². The predicted molar refractivity (Wildman–Crippen MR) is 119 cm³/mol. The van der Waals surface area contributed by atoms with Gasteiger partial charge in [-0.25, -0.2) is 10.3 Å². The van der Waals surface area contributed by atoms with Crippen LogP contribution in [-0.4, -0.2) is 43.3 Å². The summed E-state index contributed by atoms with van der Waals surface area (Å²) in [5.74, 6) is -0.488. The largest absolute Gasteiger partial charge is 0.492 e. The van der Waals surface area contributed by atoms with E-state index in [4.69, 9.17) is 9.15 Å². The second kappa shape index (κ2) is 10.2. The zero-order valence-electron chi connectivity index (χ0n) is 18.1. The van der Waals surface area contributed by atoms with Crippen LogP contribution in [0.3, 0.4) is 0 Å². The molecule has 0 aliphatic heterocycles. The fourth-order valence-electron chi connectivity index (χ4n) is 3.44. The molecule has 7 heteroatoms. The maximum atomic E-state index is 12.5. The fourth-order valence-corrected chi connectivity index (χ4v) is 3.44. The van der Waals surface area contributed by atoms with Crippen LogP contribution in [0.15, 0.2) is 57.7 Å². The summed E-state index contributed by atoms with van der Waals surface area (Å²) in [5.41, 5.74) is 4.06. The third kappa shape index (κ3) is 6.16. The molecular weight excluding hydrogens is 396 g/mol. The van der Waals surface area contributed by atoms with Gasteiger partial charge in [0.15, 0.2) is 0 Å². The Labute approximate surface area is 181 Å². The number of hydrogen-bond donors (Lipinski definition) is 2. The van der Waals surface area contributed by atoms with Gasteiger partial charge >= 0.3 is 5.63 Å². The molecule has 164 valence electrons. The molecule has 0 fully saturated rings. The average molecular weight is 424 g/mol. The van der Waals surface area contributed by atoms with Crippen molar-refractivity contribution in [2.45, 2.75) is 19.8 Å². The van der Waals surface area contributed by atoms with Crippen molar-refractivity contribution >= 4 is 16.9 Å². The molecule has 1 atom stereocenters. The zero-order chi connectivity index (χ0) is 22.4. The number of hydroxylamine groups is 1. The topological polar surface area (TPSA) is 92.0 Å². The molecular formula is C24H28N2O5. The highest BCUT2D eigenvalue weighted by atomic mass is 16.5. The Morgan fingerprint density at radius 3 is 2.71 bits per heavy atom. The number of benzene rings is 2. The lowest BCUT2D eigenvalue weighted by Crippen LogP contribution is -2.32. The van der Waals surface area contributed by atoms with Gasteiger partial charge in [0.2, 0.25) is 5.91 Å². The first-order chi connectivity index (χ1) is 14.9. The first-order valence-corrected chi connectivity index (χ1v) is 10.2. The van der Waals surface area contributed by atoms with Gasteiger partial charge in [-0.3, -0.25) is 10.0 Å². The minimum Gasteiger partial charge on any atom is -0.492 e. The lowest BCUT2D eigenvalue weighted by Gasteiger charge is -2.16. The third-order valence-corrected chi connectivity index (χ3v) is 5.09. The summed E-state index contributed by atoms with van der Waals surface area (Å²) in [6, 6.07) is 14.8. The Kier molecular flexibility index (Phi) is 7.44. The molecule has 3 rings (SSSR count). The van der Waals surface area contributed by atoms with Crippen LogP contribution in [0.25, 0.3) is 11.0 Å². The van der Waals surface area contributed by atoms with Crippen LogP contribution in [0, 0.1) is 12.8 Å². The third-order valence-electron chi connectivity index (χ3n) is 5.09. The van der Waals surface area contributed by atoms with Crippen molar-refractivity contribution in [2.75, 3.05) is 27.2 Å². The molecule has 0 spiro atoms. The SMILES string of the molecule is Cc1ccc2oc(=O)c(CC(Cc3cccc(OCCN(C)C)c3)C(=O)NO)cc2c1. The first kappa shape index (κ1) is 22.5. The van der Waals surface area contributed by atoms with Gasteiger partial charge in [-0.1, -0.05) is 23.8 Å². The van der Waals surface area contributed by atoms with Crippen molar-refractivity contribution < 1.29 is 19.2 Å². The highest BCUT2D eigenvalue weighted by molar-refractivity contribution is 5.79. The highest BCUT2D eigenvalue weighted by Gasteiger charge is 2.22. The molecule has 31 heavy (non-hydrogen) atoms. The van der Waals surface area contributed by atoms with Crippen molar-refractivity contribution in [3.8, 4) is 5.75 Å². The normalized spacial score (nSPS) is 12.2. The average Bonchev–Trinajstić information content (AvgIpc) is 2.73. The summed E-state index contributed by atoms with van der Waals surface area (Å²) < 4.78 is 11.2. The number of aryl methyl sites for hydroxylation is 1. The lowest BCUT2D eigenvalue weighted by molar-refractivity contribution is -0.133. The number of carbonyl (C=O) groups excluding carboxylic acids is 1. The van der Waals surface area contributed by atoms with Crippen LogP contribution in [0.5, 0.6) is 5.75 Å². The van der Waals surface area contributed by atoms with Gasteiger partial charge in [-0.15, -0.1) is 0 Å². The minimum atomic E-state index is -0.646. The van der Waals surface area contributed by atoms with Crippen molar-refractivity contribution in [3.05, 3.63) is 75.6 Å². The zero-order valence-corrected chi connectivity index (χ0v) is 18.1. The predicted octanol–water partition coefficient (Wildman–Crippen LogP) is 2.95. The number of hydrogen-bond acceptors (Lipinski definition) is 6. The molecule has 3 aromatic rings. The molecule has 1 unspecified atom stereocenters. The first-order valence-electron chi connectivity index (χ1n) is 10.2. The summed E-state index contributed by atoms with van der Waals surface area (Å²) in [7, 11) is 3.95. The van der Waals surface area contributed by atoms with Crippen LogP contribution in [0.4, 0.5) is 0 Å². The molecule has 1 aromatic heterocycles. The van der Waals surface area contributed by atoms with E-state index in [1.54, 1.807) is 17.6 Å². The molecule has 0 bridgehead atoms. The number of fused-ring (bicyclic) bond motifs is 1. The van der Waals surface area contributed by atoms with Gasteiger partial charge in [-0.05, 0) is 69.8 Å². The van der Waals surface area contributed by atoms with E-state index in [1.807, 2.05) is 62.3 Å². The van der Waals surface area contributed by atoms with Crippen LogP contribution >= 0.6 is 0 Å². The van der Waals surface area contributed by atoms with E-state index in [0.717, 1.165) is 23.1 Å². The van der Waals surface area contributed by atoms with Crippen LogP contribution in [0.2, 0.25) is 0 Å². The van der Waals surface area contributed by atoms with Gasteiger partial charge in [0.25, 0.3) is 0 Å². The van der Waals surface area contributed by atoms with Gasteiger partial charge < -0.3 is 14.1 Å². The van der Waals surface area contributed by atoms with E-state index in [9.17, 15) is 14.8 Å². The number of carbonyl (C=O) groups is 1. The Morgan fingerprint density at radius 2 is 1.97 bits per heavy atom. The maximum absolute atomic E-state index is 12.5. The van der Waals surface area contributed by atoms with Crippen molar-refractivity contribution in [1.29, 1.82) is 0 Å². The molecule has 1 amide bonds. The van der Waals surface area contributed by atoms with Gasteiger partial charge in [-0.2, -0.15) is 0 Å². The summed E-state index contributed by atoms with van der Waals surface area (Å²) >= 11 is 0. The molecule has 2 aromatic carbocycles. The molecule has 1 heterocycles.